The standard InChI is InChI=1S/C22H22N2O2/c25-22(20-16-21(26-23-20)19-9-5-2-6-10-19)24-13-11-18(12-14-24)15-17-7-3-1-4-8-17/h1-10,16,18H,11-15H2. The molecule has 4 nitrogen and oxygen atoms in total. The Hall–Kier alpha value is -2.88. The maximum atomic E-state index is 12.7. The fourth-order valence-electron chi connectivity index (χ4n) is 3.56. The lowest BCUT2D eigenvalue weighted by Gasteiger charge is -2.31. The summed E-state index contributed by atoms with van der Waals surface area (Å²) in [6, 6.07) is 22.1. The number of carbonyl (C=O) groups is 1. The first-order chi connectivity index (χ1) is 12.8. The first kappa shape index (κ1) is 16.6. The van der Waals surface area contributed by atoms with Gasteiger partial charge in [-0.05, 0) is 30.7 Å². The summed E-state index contributed by atoms with van der Waals surface area (Å²) in [6.45, 7) is 1.56. The van der Waals surface area contributed by atoms with Gasteiger partial charge in [0.25, 0.3) is 5.91 Å². The molecular weight excluding hydrogens is 324 g/mol. The van der Waals surface area contributed by atoms with Crippen molar-refractivity contribution in [2.75, 3.05) is 13.1 Å². The van der Waals surface area contributed by atoms with Crippen molar-refractivity contribution in [2.45, 2.75) is 19.3 Å². The van der Waals surface area contributed by atoms with Gasteiger partial charge in [0.05, 0.1) is 0 Å². The number of hydrogen-bond donors (Lipinski definition) is 0. The number of benzene rings is 2. The molecule has 3 aromatic rings. The minimum absolute atomic E-state index is 0.0332. The van der Waals surface area contributed by atoms with Gasteiger partial charge in [-0.1, -0.05) is 65.8 Å². The molecule has 1 aromatic heterocycles. The van der Waals surface area contributed by atoms with Gasteiger partial charge in [0, 0.05) is 24.7 Å². The molecule has 2 heterocycles. The van der Waals surface area contributed by atoms with Crippen molar-refractivity contribution < 1.29 is 9.32 Å². The van der Waals surface area contributed by atoms with Crippen LogP contribution in [0, 0.1) is 5.92 Å². The van der Waals surface area contributed by atoms with Crippen LogP contribution in [0.4, 0.5) is 0 Å². The molecular formula is C22H22N2O2. The molecule has 2 aromatic carbocycles. The number of hydrogen-bond acceptors (Lipinski definition) is 3. The van der Waals surface area contributed by atoms with Crippen molar-refractivity contribution in [3.8, 4) is 11.3 Å². The van der Waals surface area contributed by atoms with Crippen molar-refractivity contribution in [1.29, 1.82) is 0 Å². The highest BCUT2D eigenvalue weighted by Crippen LogP contribution is 2.24. The number of rotatable bonds is 4. The molecule has 132 valence electrons. The first-order valence-electron chi connectivity index (χ1n) is 9.15. The largest absolute Gasteiger partial charge is 0.355 e. The molecule has 0 N–H and O–H groups in total. The molecule has 4 rings (SSSR count). The van der Waals surface area contributed by atoms with Crippen molar-refractivity contribution in [3.05, 3.63) is 78.0 Å². The Bertz CT molecular complexity index is 850. The van der Waals surface area contributed by atoms with Gasteiger partial charge in [-0.25, -0.2) is 0 Å². The highest BCUT2D eigenvalue weighted by Gasteiger charge is 2.26. The minimum Gasteiger partial charge on any atom is -0.355 e. The predicted molar refractivity (Wildman–Crippen MR) is 101 cm³/mol. The molecule has 0 atom stereocenters. The van der Waals surface area contributed by atoms with E-state index in [1.807, 2.05) is 41.3 Å². The van der Waals surface area contributed by atoms with Crippen LogP contribution in [0.15, 0.2) is 71.3 Å². The smallest absolute Gasteiger partial charge is 0.276 e. The minimum atomic E-state index is -0.0332. The molecule has 4 heteroatoms. The van der Waals surface area contributed by atoms with Crippen LogP contribution < -0.4 is 0 Å². The second-order valence-corrected chi connectivity index (χ2v) is 6.87. The van der Waals surface area contributed by atoms with Crippen molar-refractivity contribution >= 4 is 5.91 Å². The summed E-state index contributed by atoms with van der Waals surface area (Å²) in [7, 11) is 0. The molecule has 0 saturated carbocycles. The summed E-state index contributed by atoms with van der Waals surface area (Å²) in [5, 5.41) is 3.99. The number of likely N-dealkylation sites (tertiary alicyclic amines) is 1. The third-order valence-electron chi connectivity index (χ3n) is 5.06. The lowest BCUT2D eigenvalue weighted by molar-refractivity contribution is 0.0680. The van der Waals surface area contributed by atoms with Crippen LogP contribution in [0.3, 0.4) is 0 Å². The zero-order valence-electron chi connectivity index (χ0n) is 14.7. The maximum absolute atomic E-state index is 12.7. The summed E-state index contributed by atoms with van der Waals surface area (Å²) in [4.78, 5) is 14.6. The van der Waals surface area contributed by atoms with Crippen molar-refractivity contribution in [1.82, 2.24) is 10.1 Å². The SMILES string of the molecule is O=C(c1cc(-c2ccccc2)on1)N1CCC(Cc2ccccc2)CC1. The van der Waals surface area contributed by atoms with E-state index in [1.165, 1.54) is 5.56 Å². The van der Waals surface area contributed by atoms with Crippen LogP contribution in [-0.2, 0) is 6.42 Å². The Labute approximate surface area is 153 Å². The Kier molecular flexibility index (Phi) is 4.82. The van der Waals surface area contributed by atoms with Crippen molar-refractivity contribution in [2.24, 2.45) is 5.92 Å². The summed E-state index contributed by atoms with van der Waals surface area (Å²) in [5.74, 6) is 1.24. The van der Waals surface area contributed by atoms with E-state index in [1.54, 1.807) is 6.07 Å². The van der Waals surface area contributed by atoms with Crippen LogP contribution in [0.2, 0.25) is 0 Å². The number of amides is 1. The number of carbonyl (C=O) groups excluding carboxylic acids is 1. The molecule has 1 amide bonds. The Morgan fingerprint density at radius 3 is 2.35 bits per heavy atom. The van der Waals surface area contributed by atoms with E-state index in [0.717, 1.165) is 37.9 Å². The van der Waals surface area contributed by atoms with E-state index in [9.17, 15) is 4.79 Å². The van der Waals surface area contributed by atoms with Gasteiger partial charge in [0.15, 0.2) is 11.5 Å². The van der Waals surface area contributed by atoms with Gasteiger partial charge in [-0.15, -0.1) is 0 Å². The van der Waals surface area contributed by atoms with Crippen LogP contribution in [0.1, 0.15) is 28.9 Å². The van der Waals surface area contributed by atoms with Crippen LogP contribution >= 0.6 is 0 Å². The molecule has 1 fully saturated rings. The lowest BCUT2D eigenvalue weighted by Crippen LogP contribution is -2.39. The van der Waals surface area contributed by atoms with E-state index in [0.29, 0.717) is 17.4 Å². The highest BCUT2D eigenvalue weighted by molar-refractivity contribution is 5.93. The van der Waals surface area contributed by atoms with Crippen LogP contribution in [0.25, 0.3) is 11.3 Å². The fourth-order valence-corrected chi connectivity index (χ4v) is 3.56. The zero-order chi connectivity index (χ0) is 17.8. The van der Waals surface area contributed by atoms with E-state index in [4.69, 9.17) is 4.52 Å². The summed E-state index contributed by atoms with van der Waals surface area (Å²) in [5.41, 5.74) is 2.70. The normalized spacial score (nSPS) is 15.2. The molecule has 1 saturated heterocycles. The van der Waals surface area contributed by atoms with Crippen molar-refractivity contribution in [3.63, 3.8) is 0 Å². The van der Waals surface area contributed by atoms with Gasteiger partial charge in [0.1, 0.15) is 0 Å². The summed E-state index contributed by atoms with van der Waals surface area (Å²) >= 11 is 0. The van der Waals surface area contributed by atoms with Gasteiger partial charge in [-0.3, -0.25) is 4.79 Å². The molecule has 1 aliphatic heterocycles. The Morgan fingerprint density at radius 2 is 1.65 bits per heavy atom. The molecule has 26 heavy (non-hydrogen) atoms. The predicted octanol–water partition coefficient (Wildman–Crippen LogP) is 4.44. The molecule has 0 aliphatic carbocycles. The van der Waals surface area contributed by atoms with Gasteiger partial charge in [0.2, 0.25) is 0 Å². The van der Waals surface area contributed by atoms with E-state index in [2.05, 4.69) is 29.4 Å². The zero-order valence-corrected chi connectivity index (χ0v) is 14.7. The lowest BCUT2D eigenvalue weighted by atomic mass is 9.90. The van der Waals surface area contributed by atoms with E-state index in [-0.39, 0.29) is 5.91 Å². The van der Waals surface area contributed by atoms with Crippen LogP contribution in [0.5, 0.6) is 0 Å². The molecule has 0 unspecified atom stereocenters. The molecule has 0 spiro atoms. The number of piperidine rings is 1. The van der Waals surface area contributed by atoms with E-state index >= 15 is 0 Å². The van der Waals surface area contributed by atoms with Gasteiger partial charge >= 0.3 is 0 Å². The number of nitrogens with zero attached hydrogens (tertiary/aromatic N) is 2. The van der Waals surface area contributed by atoms with Gasteiger partial charge in [-0.2, -0.15) is 0 Å². The molecule has 0 bridgehead atoms. The average Bonchev–Trinajstić information content (AvgIpc) is 3.20. The number of aromatic nitrogens is 1. The average molecular weight is 346 g/mol. The Balaban J connectivity index is 1.36. The first-order valence-corrected chi connectivity index (χ1v) is 9.15. The highest BCUT2D eigenvalue weighted by atomic mass is 16.5. The molecule has 1 aliphatic rings. The maximum Gasteiger partial charge on any atom is 0.276 e. The second-order valence-electron chi connectivity index (χ2n) is 6.87. The third-order valence-corrected chi connectivity index (χ3v) is 5.06. The van der Waals surface area contributed by atoms with Crippen LogP contribution in [-0.4, -0.2) is 29.1 Å². The Morgan fingerprint density at radius 1 is 1.00 bits per heavy atom. The third kappa shape index (κ3) is 3.69. The van der Waals surface area contributed by atoms with Gasteiger partial charge < -0.3 is 9.42 Å². The topological polar surface area (TPSA) is 46.3 Å². The monoisotopic (exact) mass is 346 g/mol. The summed E-state index contributed by atoms with van der Waals surface area (Å²) < 4.78 is 5.37. The second kappa shape index (κ2) is 7.56. The quantitative estimate of drug-likeness (QED) is 0.702. The fraction of sp³-hybridized carbons (Fsp3) is 0.273. The van der Waals surface area contributed by atoms with E-state index < -0.39 is 0 Å². The molecule has 0 radical (unpaired) electrons. The summed E-state index contributed by atoms with van der Waals surface area (Å²) in [6.07, 6.45) is 3.15.